The number of benzene rings is 6. The number of sulfonamides is 2. The van der Waals surface area contributed by atoms with Crippen LogP contribution in [0.2, 0.25) is 0 Å². The first kappa shape index (κ1) is 55.7. The molecule has 5 aromatic rings. The second-order valence-electron chi connectivity index (χ2n) is 20.2. The zero-order valence-electron chi connectivity index (χ0n) is 43.3. The van der Waals surface area contributed by atoms with E-state index >= 15 is 17.6 Å². The maximum absolute atomic E-state index is 15.8. The van der Waals surface area contributed by atoms with Crippen LogP contribution in [0.15, 0.2) is 121 Å². The van der Waals surface area contributed by atoms with Crippen molar-refractivity contribution >= 4 is 65.7 Å². The molecular formula is C57H62F4N4O6S3. The van der Waals surface area contributed by atoms with Crippen molar-refractivity contribution in [2.45, 2.75) is 121 Å². The number of thioether (sulfide) groups is 1. The fourth-order valence-corrected chi connectivity index (χ4v) is 12.8. The molecule has 0 atom stereocenters. The molecular weight excluding hydrogens is 1010 g/mol. The van der Waals surface area contributed by atoms with Crippen molar-refractivity contribution in [3.8, 4) is 22.5 Å². The highest BCUT2D eigenvalue weighted by Crippen LogP contribution is 2.45. The average molecular weight is 1070 g/mol. The van der Waals surface area contributed by atoms with E-state index in [0.717, 1.165) is 39.7 Å². The van der Waals surface area contributed by atoms with Crippen LogP contribution in [0.3, 0.4) is 0 Å². The van der Waals surface area contributed by atoms with E-state index in [-0.39, 0.29) is 53.2 Å². The summed E-state index contributed by atoms with van der Waals surface area (Å²) in [4.78, 5) is 13.6. The first-order valence-corrected chi connectivity index (χ1v) is 28.5. The van der Waals surface area contributed by atoms with Crippen LogP contribution in [0.4, 0.5) is 34.6 Å². The number of carbonyl (C=O) groups excluding carboxylic acids is 1. The molecule has 74 heavy (non-hydrogen) atoms. The average Bonchev–Trinajstić information content (AvgIpc) is 3.34. The number of nitrogens with zero attached hydrogens (tertiary/aromatic N) is 1. The molecule has 0 aromatic heterocycles. The summed E-state index contributed by atoms with van der Waals surface area (Å²) in [7, 11) is -11.3. The second-order valence-corrected chi connectivity index (χ2v) is 24.8. The Morgan fingerprint density at radius 3 is 1.81 bits per heavy atom. The van der Waals surface area contributed by atoms with Crippen LogP contribution < -0.4 is 20.1 Å². The van der Waals surface area contributed by atoms with Crippen LogP contribution in [0.25, 0.3) is 33.4 Å². The molecule has 3 N–H and O–H groups in total. The lowest BCUT2D eigenvalue weighted by molar-refractivity contribution is -0.129. The number of nitrogens with one attached hydrogen (secondary N) is 3. The maximum atomic E-state index is 15.8. The van der Waals surface area contributed by atoms with Crippen LogP contribution >= 0.6 is 11.8 Å². The zero-order valence-corrected chi connectivity index (χ0v) is 45.8. The van der Waals surface area contributed by atoms with E-state index in [9.17, 15) is 21.6 Å². The van der Waals surface area contributed by atoms with Crippen molar-refractivity contribution in [3.63, 3.8) is 0 Å². The number of halogens is 4. The maximum Gasteiger partial charge on any atom is 0.259 e. The summed E-state index contributed by atoms with van der Waals surface area (Å²) in [6.07, 6.45) is 0.492. The van der Waals surface area contributed by atoms with Crippen molar-refractivity contribution < 1.29 is 43.6 Å². The van der Waals surface area contributed by atoms with Gasteiger partial charge in [-0.1, -0.05) is 131 Å². The van der Waals surface area contributed by atoms with Gasteiger partial charge < -0.3 is 15.1 Å². The number of hydrogen-bond donors (Lipinski definition) is 3. The summed E-state index contributed by atoms with van der Waals surface area (Å²) < 4.78 is 128. The third kappa shape index (κ3) is 11.3. The fraction of sp³-hybridized carbons (Fsp3) is 0.333. The van der Waals surface area contributed by atoms with E-state index in [0.29, 0.717) is 51.3 Å². The summed E-state index contributed by atoms with van der Waals surface area (Å²) in [6, 6.07) is 28.3. The minimum atomic E-state index is -5.91. The minimum Gasteiger partial charge on any atom is -0.456 e. The zero-order chi connectivity index (χ0) is 54.2. The first-order chi connectivity index (χ1) is 34.8. The molecule has 17 heteroatoms. The van der Waals surface area contributed by atoms with E-state index in [1.807, 2.05) is 30.3 Å². The molecule has 0 spiro atoms. The van der Waals surface area contributed by atoms with Crippen molar-refractivity contribution in [3.05, 3.63) is 148 Å². The lowest BCUT2D eigenvalue weighted by Gasteiger charge is -2.22. The summed E-state index contributed by atoms with van der Waals surface area (Å²) in [5.74, 6) is -8.45. The van der Waals surface area contributed by atoms with Crippen LogP contribution in [0.5, 0.6) is 0 Å². The number of fused-ring (bicyclic) bond motifs is 2. The molecule has 392 valence electrons. The van der Waals surface area contributed by atoms with Crippen LogP contribution in [0, 0.1) is 28.7 Å². The number of hydrogen-bond acceptors (Lipinski definition) is 9. The van der Waals surface area contributed by atoms with Crippen molar-refractivity contribution in [1.29, 1.82) is 0 Å². The molecule has 1 aliphatic carbocycles. The Kier molecular flexibility index (Phi) is 16.6. The Morgan fingerprint density at radius 1 is 0.676 bits per heavy atom. The smallest absolute Gasteiger partial charge is 0.259 e. The summed E-state index contributed by atoms with van der Waals surface area (Å²) in [5.41, 5.74) is 6.89. The number of carbonyl (C=O) groups is 1. The largest absolute Gasteiger partial charge is 0.456 e. The molecule has 2 aliphatic rings. The SMILES string of the molecule is CCC(C)(C)C(=O)NCCSc1c(F)c(F)c(S(=O)(=O)NS(=O)(=O)c2ccccc2-c2c3cc/c(=N\c4c(C(C)C)cccc4C(C)C)cc-3oc3cc(Nc4c(C(C)C)cccc4C(C)C)ccc23)c(F)c1F. The Hall–Kier alpha value is -6.01. The van der Waals surface area contributed by atoms with Gasteiger partial charge in [0.25, 0.3) is 20.0 Å². The normalized spacial score (nSPS) is 12.8. The van der Waals surface area contributed by atoms with Gasteiger partial charge in [0.15, 0.2) is 28.2 Å². The van der Waals surface area contributed by atoms with Gasteiger partial charge in [-0.05, 0) is 82.7 Å². The van der Waals surface area contributed by atoms with E-state index in [1.165, 1.54) is 22.3 Å². The Bertz CT molecular complexity index is 3480. The predicted molar refractivity (Wildman–Crippen MR) is 288 cm³/mol. The Morgan fingerprint density at radius 2 is 1.24 bits per heavy atom. The van der Waals surface area contributed by atoms with Gasteiger partial charge in [0.1, 0.15) is 11.3 Å². The fourth-order valence-electron chi connectivity index (χ4n) is 8.74. The molecule has 0 saturated carbocycles. The van der Waals surface area contributed by atoms with E-state index in [4.69, 9.17) is 9.41 Å². The van der Waals surface area contributed by atoms with Crippen molar-refractivity contribution in [2.24, 2.45) is 10.4 Å². The Balaban J connectivity index is 1.37. The molecule has 10 nitrogen and oxygen atoms in total. The second kappa shape index (κ2) is 22.1. The van der Waals surface area contributed by atoms with Gasteiger partial charge in [0, 0.05) is 63.3 Å². The number of para-hydroxylation sites is 2. The molecule has 1 amide bonds. The molecule has 0 bridgehead atoms. The van der Waals surface area contributed by atoms with Gasteiger partial charge >= 0.3 is 0 Å². The number of amides is 1. The third-order valence-corrected chi connectivity index (χ3v) is 17.8. The highest BCUT2D eigenvalue weighted by atomic mass is 32.3. The van der Waals surface area contributed by atoms with Gasteiger partial charge in [-0.2, -0.15) is 0 Å². The standard InChI is InChI=1S/C57H62F4N4O6S3/c1-12-57(10,11)56(66)62-27-28-72-54-48(58)50(60)55(51(61)49(54)59)74(69,70)65-73(67,68)46-22-14-13-17-43(46)47-41-25-23-35(63-52-37(31(2)3)18-15-19-38(52)32(4)5)29-44(41)71-45-30-36(24-26-42(45)47)64-53-39(33(6)7)20-16-21-40(53)34(8)9/h13-26,29-34,63,65H,12,27-28H2,1-11H3,(H,62,66)/b64-36+. The molecule has 5 aromatic carbocycles. The Labute approximate surface area is 435 Å². The van der Waals surface area contributed by atoms with Crippen LogP contribution in [0.1, 0.15) is 129 Å². The molecule has 1 heterocycles. The predicted octanol–water partition coefficient (Wildman–Crippen LogP) is 14.5. The summed E-state index contributed by atoms with van der Waals surface area (Å²) in [5, 5.41) is 7.16. The highest BCUT2D eigenvalue weighted by molar-refractivity contribution is 8.04. The lowest BCUT2D eigenvalue weighted by atomic mass is 9.89. The molecule has 0 unspecified atom stereocenters. The molecule has 1 aliphatic heterocycles. The first-order valence-electron chi connectivity index (χ1n) is 24.5. The van der Waals surface area contributed by atoms with Gasteiger partial charge in [-0.3, -0.25) is 4.79 Å². The molecule has 0 fully saturated rings. The van der Waals surface area contributed by atoms with Crippen molar-refractivity contribution in [2.75, 3.05) is 17.6 Å². The molecule has 0 saturated heterocycles. The van der Waals surface area contributed by atoms with Crippen LogP contribution in [-0.2, 0) is 24.8 Å². The molecule has 0 radical (unpaired) electrons. The summed E-state index contributed by atoms with van der Waals surface area (Å²) >= 11 is 0.306. The minimum absolute atomic E-state index is 0.0367. The van der Waals surface area contributed by atoms with Gasteiger partial charge in [0.2, 0.25) is 5.91 Å². The highest BCUT2D eigenvalue weighted by Gasteiger charge is 2.37. The van der Waals surface area contributed by atoms with Gasteiger partial charge in [-0.25, -0.2) is 39.4 Å². The quantitative estimate of drug-likeness (QED) is 0.0253. The molecule has 7 rings (SSSR count). The lowest BCUT2D eigenvalue weighted by Crippen LogP contribution is -2.37. The van der Waals surface area contributed by atoms with Gasteiger partial charge in [-0.15, -0.1) is 15.9 Å². The van der Waals surface area contributed by atoms with E-state index < -0.39 is 63.4 Å². The van der Waals surface area contributed by atoms with Gasteiger partial charge in [0.05, 0.1) is 20.8 Å². The third-order valence-electron chi connectivity index (χ3n) is 13.2. The summed E-state index contributed by atoms with van der Waals surface area (Å²) in [6.45, 7) is 21.8. The van der Waals surface area contributed by atoms with Crippen LogP contribution in [-0.4, -0.2) is 35.0 Å². The topological polar surface area (TPSA) is 147 Å². The number of rotatable bonds is 18. The van der Waals surface area contributed by atoms with Crippen molar-refractivity contribution in [1.82, 2.24) is 9.44 Å². The van der Waals surface area contributed by atoms with E-state index in [1.54, 1.807) is 51.1 Å². The monoisotopic (exact) mass is 1070 g/mol. The number of anilines is 2. The van der Waals surface area contributed by atoms with E-state index in [2.05, 4.69) is 78.2 Å².